The molecule has 0 radical (unpaired) electrons. The van der Waals surface area contributed by atoms with E-state index in [0.29, 0.717) is 13.2 Å². The molecule has 0 aliphatic carbocycles. The molecule has 188 valence electrons. The molecular formula is C22H48Cl2O5Si2. The Morgan fingerprint density at radius 1 is 0.871 bits per heavy atom. The predicted octanol–water partition coefficient (Wildman–Crippen LogP) is 7.08. The molecule has 0 spiro atoms. The summed E-state index contributed by atoms with van der Waals surface area (Å²) in [5.74, 6) is -0.355. The van der Waals surface area contributed by atoms with E-state index in [1.807, 2.05) is 13.8 Å². The van der Waals surface area contributed by atoms with E-state index in [1.165, 1.54) is 7.11 Å². The summed E-state index contributed by atoms with van der Waals surface area (Å²) in [4.78, 5) is 21.6. The van der Waals surface area contributed by atoms with Crippen molar-refractivity contribution in [2.24, 2.45) is 11.8 Å². The SMILES string of the molecule is COC(=O)[C@@H](C)CO[Si](C)(C)C(C)(C)C.C[C@H](C=O)CO[Si](C)(C)C(C)(C)C.ClCCl. The van der Waals surface area contributed by atoms with E-state index in [-0.39, 0.29) is 33.2 Å². The van der Waals surface area contributed by atoms with Crippen LogP contribution in [0.4, 0.5) is 0 Å². The third kappa shape index (κ3) is 16.4. The lowest BCUT2D eigenvalue weighted by Crippen LogP contribution is -2.42. The van der Waals surface area contributed by atoms with Gasteiger partial charge in [-0.2, -0.15) is 0 Å². The molecule has 0 aliphatic rings. The number of rotatable bonds is 8. The smallest absolute Gasteiger partial charge is 0.310 e. The first-order valence-corrected chi connectivity index (χ1v) is 17.6. The van der Waals surface area contributed by atoms with Gasteiger partial charge in [0.1, 0.15) is 6.29 Å². The lowest BCUT2D eigenvalue weighted by molar-refractivity contribution is -0.145. The lowest BCUT2D eigenvalue weighted by Gasteiger charge is -2.36. The van der Waals surface area contributed by atoms with Crippen LogP contribution in [0.3, 0.4) is 0 Å². The van der Waals surface area contributed by atoms with Crippen molar-refractivity contribution in [3.05, 3.63) is 0 Å². The topological polar surface area (TPSA) is 61.8 Å². The fraction of sp³-hybridized carbons (Fsp3) is 0.909. The van der Waals surface area contributed by atoms with E-state index in [4.69, 9.17) is 32.1 Å². The van der Waals surface area contributed by atoms with E-state index in [0.717, 1.165) is 6.29 Å². The molecule has 0 aromatic rings. The summed E-state index contributed by atoms with van der Waals surface area (Å²) in [5, 5.41) is 0.610. The van der Waals surface area contributed by atoms with Gasteiger partial charge >= 0.3 is 5.97 Å². The Balaban J connectivity index is -0.000000452. The molecule has 0 unspecified atom stereocenters. The number of methoxy groups -OCH3 is 1. The number of halogens is 2. The van der Waals surface area contributed by atoms with Crippen molar-refractivity contribution in [3.8, 4) is 0 Å². The number of hydrogen-bond acceptors (Lipinski definition) is 5. The molecule has 0 amide bonds. The molecular weight excluding hydrogens is 471 g/mol. The molecule has 31 heavy (non-hydrogen) atoms. The van der Waals surface area contributed by atoms with E-state index in [1.54, 1.807) is 0 Å². The number of hydrogen-bond donors (Lipinski definition) is 0. The highest BCUT2D eigenvalue weighted by Gasteiger charge is 2.38. The van der Waals surface area contributed by atoms with Gasteiger partial charge in [0.05, 0.1) is 18.4 Å². The maximum absolute atomic E-state index is 11.2. The van der Waals surface area contributed by atoms with Gasteiger partial charge in [-0.05, 0) is 43.2 Å². The summed E-state index contributed by atoms with van der Waals surface area (Å²) in [6, 6.07) is 0. The predicted molar refractivity (Wildman–Crippen MR) is 139 cm³/mol. The van der Waals surface area contributed by atoms with Crippen LogP contribution in [0.1, 0.15) is 55.4 Å². The van der Waals surface area contributed by atoms with Gasteiger partial charge in [0.15, 0.2) is 16.6 Å². The van der Waals surface area contributed by atoms with Crippen LogP contribution in [0.2, 0.25) is 36.3 Å². The van der Waals surface area contributed by atoms with Crippen molar-refractivity contribution in [3.63, 3.8) is 0 Å². The fourth-order valence-corrected chi connectivity index (χ4v) is 3.63. The maximum Gasteiger partial charge on any atom is 0.310 e. The Kier molecular flexibility index (Phi) is 18.2. The molecule has 5 nitrogen and oxygen atoms in total. The minimum Gasteiger partial charge on any atom is -0.469 e. The van der Waals surface area contributed by atoms with Crippen LogP contribution in [0.25, 0.3) is 0 Å². The summed E-state index contributed by atoms with van der Waals surface area (Å²) in [6.45, 7) is 26.7. The first kappa shape index (κ1) is 35.7. The highest BCUT2D eigenvalue weighted by atomic mass is 35.5. The standard InChI is InChI=1S/C11H24O3Si.C10H22O2Si.CH2Cl2/c1-9(10(12)13-5)8-14-15(6,7)11(2,3)4;1-9(7-11)8-12-13(5,6)10(2,3)4;2-1-3/h9H,8H2,1-7H3;7,9H,8H2,1-6H3;1H2/t2*9-;/m01./s1. The zero-order valence-electron chi connectivity index (χ0n) is 22.2. The van der Waals surface area contributed by atoms with E-state index in [9.17, 15) is 9.59 Å². The van der Waals surface area contributed by atoms with Crippen molar-refractivity contribution in [1.82, 2.24) is 0 Å². The second-order valence-electron chi connectivity index (χ2n) is 10.8. The zero-order valence-corrected chi connectivity index (χ0v) is 25.7. The van der Waals surface area contributed by atoms with E-state index < -0.39 is 16.6 Å². The van der Waals surface area contributed by atoms with Gasteiger partial charge in [-0.25, -0.2) is 0 Å². The van der Waals surface area contributed by atoms with Crippen LogP contribution >= 0.6 is 23.2 Å². The van der Waals surface area contributed by atoms with Crippen LogP contribution in [0.5, 0.6) is 0 Å². The fourth-order valence-electron chi connectivity index (χ4n) is 1.41. The largest absolute Gasteiger partial charge is 0.469 e. The van der Waals surface area contributed by atoms with Gasteiger partial charge in [0.25, 0.3) is 0 Å². The molecule has 0 aromatic heterocycles. The van der Waals surface area contributed by atoms with E-state index in [2.05, 4.69) is 72.5 Å². The highest BCUT2D eigenvalue weighted by molar-refractivity contribution is 6.74. The van der Waals surface area contributed by atoms with Gasteiger partial charge in [-0.1, -0.05) is 48.5 Å². The molecule has 0 fully saturated rings. The van der Waals surface area contributed by atoms with E-state index >= 15 is 0 Å². The van der Waals surface area contributed by atoms with Gasteiger partial charge in [0.2, 0.25) is 0 Å². The first-order valence-electron chi connectivity index (χ1n) is 10.7. The van der Waals surface area contributed by atoms with Crippen LogP contribution in [0, 0.1) is 11.8 Å². The minimum atomic E-state index is -1.73. The van der Waals surface area contributed by atoms with Gasteiger partial charge in [-0.15, -0.1) is 23.2 Å². The van der Waals surface area contributed by atoms with Gasteiger partial charge in [-0.3, -0.25) is 4.79 Å². The summed E-state index contributed by atoms with van der Waals surface area (Å²) in [7, 11) is -1.97. The Hall–Kier alpha value is 0.0738. The molecule has 0 saturated carbocycles. The molecule has 0 bridgehead atoms. The summed E-state index contributed by atoms with van der Waals surface area (Å²) < 4.78 is 16.4. The number of carbonyl (C=O) groups is 2. The normalized spacial score (nSPS) is 14.3. The monoisotopic (exact) mass is 518 g/mol. The minimum absolute atomic E-state index is 0.0223. The second-order valence-corrected chi connectivity index (χ2v) is 21.2. The Morgan fingerprint density at radius 3 is 1.45 bits per heavy atom. The number of aldehydes is 1. The summed E-state index contributed by atoms with van der Waals surface area (Å²) in [6.07, 6.45) is 0.952. The average Bonchev–Trinajstić information content (AvgIpc) is 2.62. The van der Waals surface area contributed by atoms with Crippen LogP contribution < -0.4 is 0 Å². The average molecular weight is 520 g/mol. The Bertz CT molecular complexity index is 501. The molecule has 2 atom stereocenters. The first-order chi connectivity index (χ1) is 13.7. The highest BCUT2D eigenvalue weighted by Crippen LogP contribution is 2.37. The van der Waals surface area contributed by atoms with Crippen LogP contribution in [-0.2, 0) is 23.2 Å². The molecule has 0 saturated heterocycles. The number of ether oxygens (including phenoxy) is 1. The second kappa shape index (κ2) is 15.8. The number of alkyl halides is 2. The number of esters is 1. The quantitative estimate of drug-likeness (QED) is 0.148. The molecule has 0 heterocycles. The van der Waals surface area contributed by atoms with Crippen LogP contribution in [-0.4, -0.2) is 54.6 Å². The zero-order chi connectivity index (χ0) is 25.7. The summed E-state index contributed by atoms with van der Waals surface area (Å²) in [5.41, 5.74) is 0. The summed E-state index contributed by atoms with van der Waals surface area (Å²) >= 11 is 9.53. The van der Waals surface area contributed by atoms with Crippen molar-refractivity contribution >= 4 is 52.1 Å². The molecule has 0 rings (SSSR count). The Labute approximate surface area is 204 Å². The van der Waals surface area contributed by atoms with Crippen LogP contribution in [0.15, 0.2) is 0 Å². The van der Waals surface area contributed by atoms with Crippen molar-refractivity contribution in [2.75, 3.05) is 25.7 Å². The number of carbonyl (C=O) groups excluding carboxylic acids is 2. The molecule has 0 N–H and O–H groups in total. The van der Waals surface area contributed by atoms with Crippen molar-refractivity contribution in [1.29, 1.82) is 0 Å². The van der Waals surface area contributed by atoms with Gasteiger partial charge in [0, 0.05) is 19.1 Å². The molecule has 9 heteroatoms. The third-order valence-electron chi connectivity index (χ3n) is 5.85. The Morgan fingerprint density at radius 2 is 1.19 bits per heavy atom. The lowest BCUT2D eigenvalue weighted by atomic mass is 10.2. The maximum atomic E-state index is 11.2. The van der Waals surface area contributed by atoms with Crippen molar-refractivity contribution in [2.45, 2.75) is 91.7 Å². The molecule has 0 aromatic carbocycles. The van der Waals surface area contributed by atoms with Crippen molar-refractivity contribution < 1.29 is 23.2 Å². The third-order valence-corrected chi connectivity index (χ3v) is 14.9. The van der Waals surface area contributed by atoms with Gasteiger partial charge < -0.3 is 18.4 Å². The molecule has 0 aliphatic heterocycles.